The largest absolute Gasteiger partial charge is 0.496 e. The number of hydrogen-bond acceptors (Lipinski definition) is 3. The number of hydrogen-bond donors (Lipinski definition) is 2. The van der Waals surface area contributed by atoms with E-state index in [0.29, 0.717) is 6.54 Å². The van der Waals surface area contributed by atoms with Crippen LogP contribution in [0.15, 0.2) is 36.4 Å². The quantitative estimate of drug-likeness (QED) is 0.844. The average molecular weight is 231 g/mol. The first-order chi connectivity index (χ1) is 8.31. The third kappa shape index (κ3) is 2.12. The second-order valence-electron chi connectivity index (χ2n) is 4.02. The number of fused-ring (bicyclic) bond motifs is 1. The van der Waals surface area contributed by atoms with E-state index in [1.54, 1.807) is 7.11 Å². The molecule has 0 bridgehead atoms. The molecule has 0 fully saturated rings. The van der Waals surface area contributed by atoms with E-state index in [0.717, 1.165) is 22.1 Å². The van der Waals surface area contributed by atoms with Crippen LogP contribution in [0.1, 0.15) is 11.5 Å². The Balaban J connectivity index is 2.70. The minimum atomic E-state index is -0.0870. The number of methoxy groups -OCH3 is 1. The molecule has 0 heterocycles. The average Bonchev–Trinajstić information content (AvgIpc) is 2.40. The maximum absolute atomic E-state index is 9.42. The Labute approximate surface area is 101 Å². The highest BCUT2D eigenvalue weighted by Crippen LogP contribution is 2.33. The summed E-state index contributed by atoms with van der Waals surface area (Å²) in [7, 11) is 1.64. The lowest BCUT2D eigenvalue weighted by atomic mass is 9.93. The van der Waals surface area contributed by atoms with Crippen molar-refractivity contribution >= 4 is 10.8 Å². The molecular weight excluding hydrogens is 214 g/mol. The van der Waals surface area contributed by atoms with E-state index in [1.165, 1.54) is 0 Å². The Bertz CT molecular complexity index is 507. The Kier molecular flexibility index (Phi) is 3.61. The van der Waals surface area contributed by atoms with Crippen LogP contribution in [0.4, 0.5) is 0 Å². The summed E-state index contributed by atoms with van der Waals surface area (Å²) in [6.45, 7) is 0.432. The van der Waals surface area contributed by atoms with Crippen LogP contribution >= 0.6 is 0 Å². The maximum Gasteiger partial charge on any atom is 0.123 e. The number of rotatable bonds is 4. The Morgan fingerprint density at radius 2 is 2.00 bits per heavy atom. The summed E-state index contributed by atoms with van der Waals surface area (Å²) in [5.41, 5.74) is 6.71. The zero-order valence-corrected chi connectivity index (χ0v) is 9.89. The van der Waals surface area contributed by atoms with E-state index < -0.39 is 0 Å². The Hall–Kier alpha value is -1.58. The molecule has 0 aliphatic carbocycles. The van der Waals surface area contributed by atoms with Crippen LogP contribution in [0.3, 0.4) is 0 Å². The highest BCUT2D eigenvalue weighted by molar-refractivity contribution is 5.88. The normalized spacial score (nSPS) is 12.6. The van der Waals surface area contributed by atoms with Gasteiger partial charge < -0.3 is 15.6 Å². The van der Waals surface area contributed by atoms with Gasteiger partial charge in [0, 0.05) is 18.0 Å². The van der Waals surface area contributed by atoms with Gasteiger partial charge in [-0.3, -0.25) is 0 Å². The first kappa shape index (κ1) is 11.9. The fraction of sp³-hybridized carbons (Fsp3) is 0.286. The molecule has 2 aromatic rings. The van der Waals surface area contributed by atoms with E-state index in [1.807, 2.05) is 36.4 Å². The molecule has 1 unspecified atom stereocenters. The van der Waals surface area contributed by atoms with Crippen molar-refractivity contribution < 1.29 is 9.84 Å². The second-order valence-corrected chi connectivity index (χ2v) is 4.02. The molecule has 0 amide bonds. The molecule has 17 heavy (non-hydrogen) atoms. The van der Waals surface area contributed by atoms with Crippen LogP contribution in [0.5, 0.6) is 5.75 Å². The molecule has 0 radical (unpaired) electrons. The van der Waals surface area contributed by atoms with Crippen LogP contribution < -0.4 is 10.5 Å². The van der Waals surface area contributed by atoms with Gasteiger partial charge in [0.25, 0.3) is 0 Å². The molecular formula is C14H17NO2. The van der Waals surface area contributed by atoms with Gasteiger partial charge in [0.15, 0.2) is 0 Å². The van der Waals surface area contributed by atoms with E-state index in [4.69, 9.17) is 10.5 Å². The van der Waals surface area contributed by atoms with Gasteiger partial charge in [-0.1, -0.05) is 30.3 Å². The van der Waals surface area contributed by atoms with Crippen LogP contribution in [0.25, 0.3) is 10.8 Å². The van der Waals surface area contributed by atoms with Crippen molar-refractivity contribution in [1.82, 2.24) is 0 Å². The molecule has 0 saturated heterocycles. The standard InChI is InChI=1S/C14H17NO2/c1-17-13-7-6-10-4-2-3-5-12(10)14(13)11(8-15)9-16/h2-7,11,16H,8-9,15H2,1H3. The monoisotopic (exact) mass is 231 g/mol. The summed E-state index contributed by atoms with van der Waals surface area (Å²) in [5.74, 6) is 0.698. The number of ether oxygens (including phenoxy) is 1. The van der Waals surface area contributed by atoms with Gasteiger partial charge in [-0.25, -0.2) is 0 Å². The maximum atomic E-state index is 9.42. The van der Waals surface area contributed by atoms with Gasteiger partial charge in [-0.05, 0) is 16.8 Å². The highest BCUT2D eigenvalue weighted by Gasteiger charge is 2.16. The van der Waals surface area contributed by atoms with E-state index in [9.17, 15) is 5.11 Å². The van der Waals surface area contributed by atoms with Gasteiger partial charge in [0.1, 0.15) is 5.75 Å². The molecule has 0 saturated carbocycles. The molecule has 90 valence electrons. The van der Waals surface area contributed by atoms with Crippen LogP contribution in [-0.4, -0.2) is 25.4 Å². The highest BCUT2D eigenvalue weighted by atomic mass is 16.5. The van der Waals surface area contributed by atoms with Gasteiger partial charge in [-0.15, -0.1) is 0 Å². The summed E-state index contributed by atoms with van der Waals surface area (Å²) in [6.07, 6.45) is 0. The first-order valence-corrected chi connectivity index (χ1v) is 5.68. The van der Waals surface area contributed by atoms with Crippen molar-refractivity contribution in [1.29, 1.82) is 0 Å². The topological polar surface area (TPSA) is 55.5 Å². The number of aliphatic hydroxyl groups is 1. The molecule has 2 aromatic carbocycles. The van der Waals surface area contributed by atoms with Crippen molar-refractivity contribution in [3.05, 3.63) is 42.0 Å². The summed E-state index contributed by atoms with van der Waals surface area (Å²) in [4.78, 5) is 0. The first-order valence-electron chi connectivity index (χ1n) is 5.68. The molecule has 3 heteroatoms. The summed E-state index contributed by atoms with van der Waals surface area (Å²) >= 11 is 0. The third-order valence-corrected chi connectivity index (χ3v) is 3.06. The van der Waals surface area contributed by atoms with Gasteiger partial charge in [0.05, 0.1) is 13.7 Å². The smallest absolute Gasteiger partial charge is 0.123 e. The zero-order chi connectivity index (χ0) is 12.3. The minimum absolute atomic E-state index is 0.0286. The van der Waals surface area contributed by atoms with Gasteiger partial charge in [0.2, 0.25) is 0 Å². The molecule has 1 atom stereocenters. The van der Waals surface area contributed by atoms with Gasteiger partial charge in [-0.2, -0.15) is 0 Å². The molecule has 3 N–H and O–H groups in total. The van der Waals surface area contributed by atoms with Crippen molar-refractivity contribution in [2.45, 2.75) is 5.92 Å². The summed E-state index contributed by atoms with van der Waals surface area (Å²) in [5, 5.41) is 11.7. The predicted octanol–water partition coefficient (Wildman–Crippen LogP) is 1.88. The zero-order valence-electron chi connectivity index (χ0n) is 9.89. The van der Waals surface area contributed by atoms with Crippen LogP contribution in [0, 0.1) is 0 Å². The third-order valence-electron chi connectivity index (χ3n) is 3.06. The van der Waals surface area contributed by atoms with E-state index >= 15 is 0 Å². The SMILES string of the molecule is COc1ccc2ccccc2c1C(CN)CO. The number of nitrogens with two attached hydrogens (primary N) is 1. The number of benzene rings is 2. The second kappa shape index (κ2) is 5.17. The molecule has 0 aromatic heterocycles. The Morgan fingerprint density at radius 3 is 2.65 bits per heavy atom. The van der Waals surface area contributed by atoms with E-state index in [2.05, 4.69) is 0 Å². The summed E-state index contributed by atoms with van der Waals surface area (Å²) in [6, 6.07) is 12.0. The van der Waals surface area contributed by atoms with Crippen molar-refractivity contribution in [3.63, 3.8) is 0 Å². The molecule has 3 nitrogen and oxygen atoms in total. The van der Waals surface area contributed by atoms with Crippen LogP contribution in [-0.2, 0) is 0 Å². The van der Waals surface area contributed by atoms with Gasteiger partial charge >= 0.3 is 0 Å². The lowest BCUT2D eigenvalue weighted by molar-refractivity contribution is 0.265. The fourth-order valence-corrected chi connectivity index (χ4v) is 2.16. The molecule has 0 spiro atoms. The lowest BCUT2D eigenvalue weighted by Gasteiger charge is -2.18. The van der Waals surface area contributed by atoms with Crippen molar-refractivity contribution in [2.75, 3.05) is 20.3 Å². The fourth-order valence-electron chi connectivity index (χ4n) is 2.16. The lowest BCUT2D eigenvalue weighted by Crippen LogP contribution is -2.17. The van der Waals surface area contributed by atoms with Crippen molar-refractivity contribution in [2.24, 2.45) is 5.73 Å². The Morgan fingerprint density at radius 1 is 1.24 bits per heavy atom. The van der Waals surface area contributed by atoms with Crippen LogP contribution in [0.2, 0.25) is 0 Å². The van der Waals surface area contributed by atoms with E-state index in [-0.39, 0.29) is 12.5 Å². The number of aliphatic hydroxyl groups excluding tert-OH is 1. The predicted molar refractivity (Wildman–Crippen MR) is 69.4 cm³/mol. The van der Waals surface area contributed by atoms with Crippen molar-refractivity contribution in [3.8, 4) is 5.75 Å². The molecule has 0 aliphatic heterocycles. The minimum Gasteiger partial charge on any atom is -0.496 e. The summed E-state index contributed by atoms with van der Waals surface area (Å²) < 4.78 is 5.37. The molecule has 2 rings (SSSR count). The molecule has 0 aliphatic rings.